The standard InChI is InChI=1S/C25H37N3O2/c1-17-12-28(13-18(2)30-17)21-6-5-19(10-26-21)11-27-22(29)25-9-20-7-23(3,15-25)14-24(4,8-20)16-25/h5-6,10,17-18,20H,7-9,11-16H2,1-4H3,(H,27,29). The van der Waals surface area contributed by atoms with Crippen molar-refractivity contribution >= 4 is 11.7 Å². The molecule has 5 heteroatoms. The third-order valence-corrected chi connectivity index (χ3v) is 8.11. The highest BCUT2D eigenvalue weighted by atomic mass is 16.5. The molecule has 1 amide bonds. The van der Waals surface area contributed by atoms with Crippen LogP contribution in [-0.4, -0.2) is 36.2 Å². The van der Waals surface area contributed by atoms with Gasteiger partial charge in [-0.05, 0) is 80.8 Å². The average Bonchev–Trinajstić information content (AvgIpc) is 2.63. The average molecular weight is 412 g/mol. The van der Waals surface area contributed by atoms with Crippen LogP contribution in [0, 0.1) is 22.2 Å². The molecule has 6 rings (SSSR count). The van der Waals surface area contributed by atoms with Gasteiger partial charge < -0.3 is 15.0 Å². The van der Waals surface area contributed by atoms with E-state index in [0.717, 1.165) is 49.7 Å². The predicted octanol–water partition coefficient (Wildman–Crippen LogP) is 4.31. The molecule has 0 radical (unpaired) electrons. The Morgan fingerprint density at radius 1 is 1.10 bits per heavy atom. The molecular weight excluding hydrogens is 374 g/mol. The van der Waals surface area contributed by atoms with Crippen LogP contribution in [0.2, 0.25) is 0 Å². The number of nitrogens with zero attached hydrogens (tertiary/aromatic N) is 2. The molecule has 164 valence electrons. The number of amides is 1. The zero-order valence-corrected chi connectivity index (χ0v) is 19.0. The number of carbonyl (C=O) groups is 1. The molecule has 1 aliphatic heterocycles. The molecule has 4 unspecified atom stereocenters. The summed E-state index contributed by atoms with van der Waals surface area (Å²) in [6, 6.07) is 4.19. The first-order valence-corrected chi connectivity index (χ1v) is 11.8. The Morgan fingerprint density at radius 2 is 1.77 bits per heavy atom. The Labute approximate surface area is 181 Å². The fraction of sp³-hybridized carbons (Fsp3) is 0.760. The number of nitrogens with one attached hydrogen (secondary N) is 1. The SMILES string of the molecule is CC1CN(c2ccc(CNC(=O)C34CC5CC(C)(CC(C)(C5)C3)C4)cn2)CC(C)O1. The first-order valence-electron chi connectivity index (χ1n) is 11.8. The summed E-state index contributed by atoms with van der Waals surface area (Å²) in [4.78, 5) is 20.4. The second kappa shape index (κ2) is 6.94. The molecule has 5 aliphatic rings. The van der Waals surface area contributed by atoms with Crippen molar-refractivity contribution in [2.24, 2.45) is 22.2 Å². The van der Waals surface area contributed by atoms with Gasteiger partial charge in [0.25, 0.3) is 0 Å². The Bertz CT molecular complexity index is 794. The van der Waals surface area contributed by atoms with Crippen LogP contribution in [0.5, 0.6) is 0 Å². The zero-order chi connectivity index (χ0) is 21.1. The van der Waals surface area contributed by atoms with Crippen LogP contribution < -0.4 is 10.2 Å². The van der Waals surface area contributed by atoms with Crippen molar-refractivity contribution in [2.45, 2.75) is 85.0 Å². The van der Waals surface area contributed by atoms with Gasteiger partial charge in [0.2, 0.25) is 5.91 Å². The van der Waals surface area contributed by atoms with Gasteiger partial charge in [-0.25, -0.2) is 4.98 Å². The van der Waals surface area contributed by atoms with E-state index in [0.29, 0.717) is 17.4 Å². The molecule has 5 nitrogen and oxygen atoms in total. The predicted molar refractivity (Wildman–Crippen MR) is 118 cm³/mol. The maximum Gasteiger partial charge on any atom is 0.226 e. The largest absolute Gasteiger partial charge is 0.372 e. The quantitative estimate of drug-likeness (QED) is 0.802. The van der Waals surface area contributed by atoms with E-state index >= 15 is 0 Å². The van der Waals surface area contributed by atoms with E-state index in [-0.39, 0.29) is 23.5 Å². The minimum Gasteiger partial charge on any atom is -0.372 e. The molecule has 1 aromatic rings. The summed E-state index contributed by atoms with van der Waals surface area (Å²) in [6.07, 6.45) is 9.54. The van der Waals surface area contributed by atoms with E-state index in [1.807, 2.05) is 6.20 Å². The molecular formula is C25H37N3O2. The zero-order valence-electron chi connectivity index (χ0n) is 19.0. The van der Waals surface area contributed by atoms with Crippen LogP contribution in [0.1, 0.15) is 71.8 Å². The molecule has 4 aliphatic carbocycles. The number of carbonyl (C=O) groups excluding carboxylic acids is 1. The number of anilines is 1. The number of aromatic nitrogens is 1. The van der Waals surface area contributed by atoms with Crippen LogP contribution in [0.15, 0.2) is 18.3 Å². The molecule has 0 spiro atoms. The van der Waals surface area contributed by atoms with Crippen molar-refractivity contribution in [3.05, 3.63) is 23.9 Å². The smallest absolute Gasteiger partial charge is 0.226 e. The summed E-state index contributed by atoms with van der Waals surface area (Å²) in [5.41, 5.74) is 1.65. The number of hydrogen-bond acceptors (Lipinski definition) is 4. The lowest BCUT2D eigenvalue weighted by Gasteiger charge is -2.64. The van der Waals surface area contributed by atoms with Gasteiger partial charge >= 0.3 is 0 Å². The van der Waals surface area contributed by atoms with Gasteiger partial charge in [-0.1, -0.05) is 19.9 Å². The summed E-state index contributed by atoms with van der Waals surface area (Å²) < 4.78 is 5.82. The number of pyridine rings is 1. The topological polar surface area (TPSA) is 54.5 Å². The maximum atomic E-state index is 13.4. The second-order valence-corrected chi connectivity index (χ2v) is 11.8. The second-order valence-electron chi connectivity index (χ2n) is 11.8. The van der Waals surface area contributed by atoms with E-state index in [1.54, 1.807) is 0 Å². The fourth-order valence-electron chi connectivity index (χ4n) is 8.14. The van der Waals surface area contributed by atoms with E-state index in [2.05, 4.69) is 55.0 Å². The maximum absolute atomic E-state index is 13.4. The summed E-state index contributed by atoms with van der Waals surface area (Å²) in [7, 11) is 0. The van der Waals surface area contributed by atoms with Gasteiger partial charge in [0.1, 0.15) is 5.82 Å². The highest BCUT2D eigenvalue weighted by Gasteiger charge is 2.62. The lowest BCUT2D eigenvalue weighted by molar-refractivity contribution is -0.170. The van der Waals surface area contributed by atoms with Crippen molar-refractivity contribution in [1.29, 1.82) is 0 Å². The van der Waals surface area contributed by atoms with Crippen molar-refractivity contribution in [3.63, 3.8) is 0 Å². The molecule has 1 saturated heterocycles. The number of hydrogen-bond donors (Lipinski definition) is 1. The van der Waals surface area contributed by atoms with Crippen molar-refractivity contribution < 1.29 is 9.53 Å². The Balaban J connectivity index is 1.23. The van der Waals surface area contributed by atoms with E-state index in [1.165, 1.54) is 19.3 Å². The van der Waals surface area contributed by atoms with Crippen molar-refractivity contribution in [2.75, 3.05) is 18.0 Å². The van der Waals surface area contributed by atoms with Gasteiger partial charge in [0.05, 0.1) is 17.6 Å². The Kier molecular flexibility index (Phi) is 4.70. The van der Waals surface area contributed by atoms with Crippen LogP contribution in [0.3, 0.4) is 0 Å². The summed E-state index contributed by atoms with van der Waals surface area (Å²) in [6.45, 7) is 11.4. The fourth-order valence-corrected chi connectivity index (χ4v) is 8.14. The van der Waals surface area contributed by atoms with Gasteiger partial charge in [0.15, 0.2) is 0 Å². The molecule has 5 fully saturated rings. The number of morpholine rings is 1. The molecule has 0 aromatic carbocycles. The van der Waals surface area contributed by atoms with Gasteiger partial charge in [0, 0.05) is 25.8 Å². The highest BCUT2D eigenvalue weighted by Crippen LogP contribution is 2.69. The van der Waals surface area contributed by atoms with Gasteiger partial charge in [-0.2, -0.15) is 0 Å². The first kappa shape index (κ1) is 20.3. The minimum absolute atomic E-state index is 0.142. The first-order chi connectivity index (χ1) is 14.2. The number of ether oxygens (including phenoxy) is 1. The van der Waals surface area contributed by atoms with Crippen LogP contribution in [0.25, 0.3) is 0 Å². The molecule has 4 atom stereocenters. The van der Waals surface area contributed by atoms with Crippen molar-refractivity contribution in [1.82, 2.24) is 10.3 Å². The molecule has 4 bridgehead atoms. The molecule has 30 heavy (non-hydrogen) atoms. The molecule has 2 heterocycles. The number of rotatable bonds is 4. The van der Waals surface area contributed by atoms with Gasteiger partial charge in [-0.3, -0.25) is 4.79 Å². The lowest BCUT2D eigenvalue weighted by Crippen LogP contribution is -2.59. The van der Waals surface area contributed by atoms with Crippen LogP contribution in [-0.2, 0) is 16.1 Å². The summed E-state index contributed by atoms with van der Waals surface area (Å²) >= 11 is 0. The van der Waals surface area contributed by atoms with E-state index in [9.17, 15) is 4.79 Å². The van der Waals surface area contributed by atoms with E-state index < -0.39 is 0 Å². The van der Waals surface area contributed by atoms with E-state index in [4.69, 9.17) is 4.74 Å². The van der Waals surface area contributed by atoms with Gasteiger partial charge in [-0.15, -0.1) is 0 Å². The highest BCUT2D eigenvalue weighted by molar-refractivity contribution is 5.83. The van der Waals surface area contributed by atoms with Crippen LogP contribution in [0.4, 0.5) is 5.82 Å². The third-order valence-electron chi connectivity index (χ3n) is 8.11. The molecule has 1 aromatic heterocycles. The normalized spacial score (nSPS) is 42.4. The Morgan fingerprint density at radius 3 is 2.33 bits per heavy atom. The summed E-state index contributed by atoms with van der Waals surface area (Å²) in [5, 5.41) is 3.29. The summed E-state index contributed by atoms with van der Waals surface area (Å²) in [5.74, 6) is 2.01. The molecule has 1 N–H and O–H groups in total. The van der Waals surface area contributed by atoms with Crippen molar-refractivity contribution in [3.8, 4) is 0 Å². The monoisotopic (exact) mass is 411 g/mol. The third kappa shape index (κ3) is 3.63. The Hall–Kier alpha value is -1.62. The lowest BCUT2D eigenvalue weighted by atomic mass is 9.40. The molecule has 4 saturated carbocycles. The van der Waals surface area contributed by atoms with Crippen LogP contribution >= 0.6 is 0 Å². The minimum atomic E-state index is -0.142.